The van der Waals surface area contributed by atoms with Crippen LogP contribution < -0.4 is 5.32 Å². The van der Waals surface area contributed by atoms with Gasteiger partial charge in [0.25, 0.3) is 0 Å². The van der Waals surface area contributed by atoms with Gasteiger partial charge in [-0.2, -0.15) is 0 Å². The highest BCUT2D eigenvalue weighted by Crippen LogP contribution is 2.28. The van der Waals surface area contributed by atoms with Gasteiger partial charge in [-0.25, -0.2) is 0 Å². The van der Waals surface area contributed by atoms with Gasteiger partial charge in [0.15, 0.2) is 0 Å². The summed E-state index contributed by atoms with van der Waals surface area (Å²) in [5, 5.41) is 13.1. The minimum absolute atomic E-state index is 0.0604. The van der Waals surface area contributed by atoms with E-state index in [1.165, 1.54) is 12.8 Å². The third-order valence-corrected chi connectivity index (χ3v) is 4.45. The standard InChI is InChI=1S/C15H27NO3/c1-2-13(19-12-7-3-4-8-12)14(17)16-11-15(18)9-5-6-10-15/h12-13,18H,2-11H2,1H3,(H,16,17). The Labute approximate surface area is 115 Å². The molecule has 0 aliphatic heterocycles. The topological polar surface area (TPSA) is 58.6 Å². The van der Waals surface area contributed by atoms with Gasteiger partial charge in [-0.05, 0) is 32.1 Å². The SMILES string of the molecule is CCC(OC1CCCC1)C(=O)NCC1(O)CCCC1. The van der Waals surface area contributed by atoms with Gasteiger partial charge < -0.3 is 15.2 Å². The first kappa shape index (κ1) is 14.8. The molecule has 0 heterocycles. The lowest BCUT2D eigenvalue weighted by molar-refractivity contribution is -0.138. The number of hydrogen-bond donors (Lipinski definition) is 2. The predicted octanol–water partition coefficient (Wildman–Crippen LogP) is 2.15. The second kappa shape index (κ2) is 6.71. The molecule has 19 heavy (non-hydrogen) atoms. The summed E-state index contributed by atoms with van der Waals surface area (Å²) >= 11 is 0. The molecule has 1 amide bonds. The summed E-state index contributed by atoms with van der Waals surface area (Å²) in [7, 11) is 0. The number of amides is 1. The van der Waals surface area contributed by atoms with Gasteiger partial charge in [-0.15, -0.1) is 0 Å². The molecular weight excluding hydrogens is 242 g/mol. The fourth-order valence-electron chi connectivity index (χ4n) is 3.18. The normalized spacial score (nSPS) is 24.5. The maximum Gasteiger partial charge on any atom is 0.249 e. The average Bonchev–Trinajstić information content (AvgIpc) is 3.05. The molecule has 2 rings (SSSR count). The van der Waals surface area contributed by atoms with Crippen LogP contribution in [0.3, 0.4) is 0 Å². The molecule has 2 N–H and O–H groups in total. The fourth-order valence-corrected chi connectivity index (χ4v) is 3.18. The predicted molar refractivity (Wildman–Crippen MR) is 73.8 cm³/mol. The third kappa shape index (κ3) is 4.18. The molecule has 2 fully saturated rings. The molecule has 0 aromatic heterocycles. The molecule has 2 aliphatic carbocycles. The number of hydrogen-bond acceptors (Lipinski definition) is 3. The van der Waals surface area contributed by atoms with Gasteiger partial charge in [0.1, 0.15) is 6.10 Å². The van der Waals surface area contributed by atoms with Crippen LogP contribution in [0.2, 0.25) is 0 Å². The highest BCUT2D eigenvalue weighted by molar-refractivity contribution is 5.80. The Balaban J connectivity index is 1.76. The van der Waals surface area contributed by atoms with Crippen molar-refractivity contribution in [3.05, 3.63) is 0 Å². The van der Waals surface area contributed by atoms with E-state index in [-0.39, 0.29) is 18.1 Å². The van der Waals surface area contributed by atoms with Crippen LogP contribution in [0.15, 0.2) is 0 Å². The zero-order valence-electron chi connectivity index (χ0n) is 12.0. The Morgan fingerprint density at radius 3 is 2.53 bits per heavy atom. The van der Waals surface area contributed by atoms with Gasteiger partial charge in [0.2, 0.25) is 5.91 Å². The molecule has 0 saturated heterocycles. The van der Waals surface area contributed by atoms with E-state index in [9.17, 15) is 9.90 Å². The lowest BCUT2D eigenvalue weighted by Crippen LogP contribution is -2.45. The molecule has 0 aromatic carbocycles. The molecule has 0 aromatic rings. The highest BCUT2D eigenvalue weighted by atomic mass is 16.5. The lowest BCUT2D eigenvalue weighted by atomic mass is 10.0. The number of nitrogens with one attached hydrogen (secondary N) is 1. The first-order chi connectivity index (χ1) is 9.13. The van der Waals surface area contributed by atoms with E-state index in [2.05, 4.69) is 5.32 Å². The summed E-state index contributed by atoms with van der Waals surface area (Å²) in [5.74, 6) is -0.0604. The molecule has 2 saturated carbocycles. The molecule has 4 heteroatoms. The van der Waals surface area contributed by atoms with Crippen LogP contribution in [0.25, 0.3) is 0 Å². The minimum atomic E-state index is -0.679. The number of carbonyl (C=O) groups is 1. The van der Waals surface area contributed by atoms with Gasteiger partial charge in [-0.1, -0.05) is 32.6 Å². The molecule has 1 unspecified atom stereocenters. The van der Waals surface area contributed by atoms with Crippen molar-refractivity contribution in [2.75, 3.05) is 6.54 Å². The smallest absolute Gasteiger partial charge is 0.249 e. The molecular formula is C15H27NO3. The van der Waals surface area contributed by atoms with Gasteiger partial charge in [-0.3, -0.25) is 4.79 Å². The first-order valence-electron chi connectivity index (χ1n) is 7.78. The van der Waals surface area contributed by atoms with E-state index in [1.54, 1.807) is 0 Å². The average molecular weight is 269 g/mol. The van der Waals surface area contributed by atoms with E-state index < -0.39 is 5.60 Å². The Morgan fingerprint density at radius 2 is 1.95 bits per heavy atom. The van der Waals surface area contributed by atoms with Crippen molar-refractivity contribution < 1.29 is 14.6 Å². The molecule has 0 radical (unpaired) electrons. The number of rotatable bonds is 6. The third-order valence-electron chi connectivity index (χ3n) is 4.45. The van der Waals surface area contributed by atoms with E-state index in [4.69, 9.17) is 4.74 Å². The molecule has 0 bridgehead atoms. The van der Waals surface area contributed by atoms with Crippen molar-refractivity contribution >= 4 is 5.91 Å². The van der Waals surface area contributed by atoms with Crippen LogP contribution in [0.4, 0.5) is 0 Å². The summed E-state index contributed by atoms with van der Waals surface area (Å²) in [6.45, 7) is 2.35. The quantitative estimate of drug-likeness (QED) is 0.776. The van der Waals surface area contributed by atoms with Crippen molar-refractivity contribution in [2.24, 2.45) is 0 Å². The van der Waals surface area contributed by atoms with Gasteiger partial charge >= 0.3 is 0 Å². The summed E-state index contributed by atoms with van der Waals surface area (Å²) in [6, 6.07) is 0. The first-order valence-corrected chi connectivity index (χ1v) is 7.78. The second-order valence-electron chi connectivity index (χ2n) is 6.09. The second-order valence-corrected chi connectivity index (χ2v) is 6.09. The van der Waals surface area contributed by atoms with Crippen molar-refractivity contribution in [3.8, 4) is 0 Å². The summed E-state index contributed by atoms with van der Waals surface area (Å²) in [5.41, 5.74) is -0.679. The van der Waals surface area contributed by atoms with Crippen molar-refractivity contribution in [2.45, 2.75) is 82.5 Å². The number of aliphatic hydroxyl groups is 1. The van der Waals surface area contributed by atoms with Crippen LogP contribution >= 0.6 is 0 Å². The minimum Gasteiger partial charge on any atom is -0.388 e. The van der Waals surface area contributed by atoms with Crippen molar-refractivity contribution in [3.63, 3.8) is 0 Å². The molecule has 0 spiro atoms. The van der Waals surface area contributed by atoms with Gasteiger partial charge in [0.05, 0.1) is 11.7 Å². The maximum atomic E-state index is 12.1. The summed E-state index contributed by atoms with van der Waals surface area (Å²) in [6.07, 6.45) is 8.89. The lowest BCUT2D eigenvalue weighted by Gasteiger charge is -2.25. The summed E-state index contributed by atoms with van der Waals surface area (Å²) in [4.78, 5) is 12.1. The Hall–Kier alpha value is -0.610. The van der Waals surface area contributed by atoms with Crippen LogP contribution in [0.1, 0.15) is 64.7 Å². The number of ether oxygens (including phenoxy) is 1. The fraction of sp³-hybridized carbons (Fsp3) is 0.933. The Morgan fingerprint density at radius 1 is 1.32 bits per heavy atom. The summed E-state index contributed by atoms with van der Waals surface area (Å²) < 4.78 is 5.88. The van der Waals surface area contributed by atoms with Crippen molar-refractivity contribution in [1.82, 2.24) is 5.32 Å². The van der Waals surface area contributed by atoms with Crippen LogP contribution in [0.5, 0.6) is 0 Å². The zero-order chi connectivity index (χ0) is 13.7. The van der Waals surface area contributed by atoms with Crippen LogP contribution in [0, 0.1) is 0 Å². The van der Waals surface area contributed by atoms with Crippen molar-refractivity contribution in [1.29, 1.82) is 0 Å². The van der Waals surface area contributed by atoms with E-state index >= 15 is 0 Å². The Bertz CT molecular complexity index is 294. The van der Waals surface area contributed by atoms with Crippen LogP contribution in [-0.2, 0) is 9.53 Å². The molecule has 1 atom stereocenters. The molecule has 110 valence electrons. The monoisotopic (exact) mass is 269 g/mol. The van der Waals surface area contributed by atoms with E-state index in [1.807, 2.05) is 6.92 Å². The number of carbonyl (C=O) groups excluding carboxylic acids is 1. The van der Waals surface area contributed by atoms with Gasteiger partial charge in [0, 0.05) is 6.54 Å². The zero-order valence-corrected chi connectivity index (χ0v) is 12.0. The Kier molecular flexibility index (Phi) is 5.22. The highest BCUT2D eigenvalue weighted by Gasteiger charge is 2.32. The van der Waals surface area contributed by atoms with Crippen LogP contribution in [-0.4, -0.2) is 35.4 Å². The van der Waals surface area contributed by atoms with E-state index in [0.29, 0.717) is 13.0 Å². The maximum absolute atomic E-state index is 12.1. The van der Waals surface area contributed by atoms with E-state index in [0.717, 1.165) is 38.5 Å². The molecule has 2 aliphatic rings. The largest absolute Gasteiger partial charge is 0.388 e. The molecule has 4 nitrogen and oxygen atoms in total.